The number of likely N-dealkylation sites (N-methyl/N-ethyl adjacent to an activating group) is 1. The highest BCUT2D eigenvalue weighted by molar-refractivity contribution is 5.89. The first kappa shape index (κ1) is 16.4. The van der Waals surface area contributed by atoms with Gasteiger partial charge in [0, 0.05) is 26.6 Å². The van der Waals surface area contributed by atoms with Crippen LogP contribution in [0.15, 0.2) is 24.3 Å². The maximum atomic E-state index is 13.0. The van der Waals surface area contributed by atoms with Crippen molar-refractivity contribution in [2.75, 3.05) is 34.2 Å². The van der Waals surface area contributed by atoms with E-state index in [0.717, 1.165) is 5.56 Å². The molecule has 0 saturated carbocycles. The third-order valence-electron chi connectivity index (χ3n) is 4.06. The van der Waals surface area contributed by atoms with E-state index in [1.54, 1.807) is 24.1 Å². The molecular weight excluding hydrogens is 285 g/mol. The first-order valence-corrected chi connectivity index (χ1v) is 7.32. The summed E-state index contributed by atoms with van der Waals surface area (Å²) in [5.41, 5.74) is 0.936. The van der Waals surface area contributed by atoms with Gasteiger partial charge in [0.15, 0.2) is 0 Å². The smallest absolute Gasteiger partial charge is 0.225 e. The zero-order valence-electron chi connectivity index (χ0n) is 13.2. The Kier molecular flexibility index (Phi) is 5.13. The van der Waals surface area contributed by atoms with Gasteiger partial charge in [0.25, 0.3) is 0 Å². The van der Waals surface area contributed by atoms with Crippen molar-refractivity contribution in [2.24, 2.45) is 5.92 Å². The lowest BCUT2D eigenvalue weighted by Crippen LogP contribution is -2.38. The molecule has 0 aromatic heterocycles. The minimum absolute atomic E-state index is 0.00263. The molecule has 5 nitrogen and oxygen atoms in total. The van der Waals surface area contributed by atoms with Gasteiger partial charge in [-0.15, -0.1) is 0 Å². The molecule has 1 heterocycles. The van der Waals surface area contributed by atoms with Gasteiger partial charge in [-0.25, -0.2) is 4.39 Å². The van der Waals surface area contributed by atoms with Gasteiger partial charge in [0.1, 0.15) is 5.82 Å². The van der Waals surface area contributed by atoms with Gasteiger partial charge in [-0.1, -0.05) is 12.1 Å². The molecule has 22 heavy (non-hydrogen) atoms. The van der Waals surface area contributed by atoms with Crippen molar-refractivity contribution in [3.8, 4) is 0 Å². The summed E-state index contributed by atoms with van der Waals surface area (Å²) in [6.07, 6.45) is 0.269. The number of nitrogens with zero attached hydrogens (tertiary/aromatic N) is 2. The van der Waals surface area contributed by atoms with E-state index in [2.05, 4.69) is 5.32 Å². The Morgan fingerprint density at radius 2 is 2.05 bits per heavy atom. The van der Waals surface area contributed by atoms with Crippen LogP contribution < -0.4 is 5.32 Å². The number of halogens is 1. The molecule has 1 N–H and O–H groups in total. The lowest BCUT2D eigenvalue weighted by atomic mass is 10.0. The van der Waals surface area contributed by atoms with Crippen molar-refractivity contribution in [2.45, 2.75) is 12.5 Å². The molecule has 2 rings (SSSR count). The van der Waals surface area contributed by atoms with E-state index in [9.17, 15) is 14.0 Å². The summed E-state index contributed by atoms with van der Waals surface area (Å²) in [5, 5.41) is 2.91. The molecule has 6 heteroatoms. The maximum absolute atomic E-state index is 13.0. The second-order valence-electron chi connectivity index (χ2n) is 5.95. The van der Waals surface area contributed by atoms with Crippen LogP contribution in [0.2, 0.25) is 0 Å². The Labute approximate surface area is 130 Å². The zero-order valence-corrected chi connectivity index (χ0v) is 13.2. The lowest BCUT2D eigenvalue weighted by Gasteiger charge is -2.25. The van der Waals surface area contributed by atoms with Crippen LogP contribution >= 0.6 is 0 Å². The molecular formula is C16H22FN3O2. The van der Waals surface area contributed by atoms with Crippen LogP contribution in [0.5, 0.6) is 0 Å². The monoisotopic (exact) mass is 307 g/mol. The van der Waals surface area contributed by atoms with E-state index in [0.29, 0.717) is 13.1 Å². The van der Waals surface area contributed by atoms with Gasteiger partial charge < -0.3 is 15.1 Å². The van der Waals surface area contributed by atoms with E-state index >= 15 is 0 Å². The van der Waals surface area contributed by atoms with Gasteiger partial charge in [-0.2, -0.15) is 0 Å². The third kappa shape index (κ3) is 3.82. The largest absolute Gasteiger partial charge is 0.354 e. The molecule has 0 radical (unpaired) electrons. The molecule has 1 aromatic carbocycles. The number of likely N-dealkylation sites (tertiary alicyclic amines) is 1. The van der Waals surface area contributed by atoms with Crippen molar-refractivity contribution in [3.63, 3.8) is 0 Å². The predicted octanol–water partition coefficient (Wildman–Crippen LogP) is 1.02. The van der Waals surface area contributed by atoms with E-state index in [-0.39, 0.29) is 36.0 Å². The Morgan fingerprint density at radius 3 is 2.55 bits per heavy atom. The first-order chi connectivity index (χ1) is 10.4. The Bertz CT molecular complexity index is 545. The fourth-order valence-electron chi connectivity index (χ4n) is 2.66. The molecule has 1 fully saturated rings. The Morgan fingerprint density at radius 1 is 1.41 bits per heavy atom. The van der Waals surface area contributed by atoms with Crippen molar-refractivity contribution < 1.29 is 14.0 Å². The molecule has 1 saturated heterocycles. The summed E-state index contributed by atoms with van der Waals surface area (Å²) in [6.45, 7) is 0.889. The fraction of sp³-hybridized carbons (Fsp3) is 0.500. The van der Waals surface area contributed by atoms with Gasteiger partial charge in [-0.3, -0.25) is 9.59 Å². The second kappa shape index (κ2) is 6.87. The van der Waals surface area contributed by atoms with Crippen LogP contribution in [-0.4, -0.2) is 55.8 Å². The van der Waals surface area contributed by atoms with Crippen LogP contribution in [0.3, 0.4) is 0 Å². The number of hydrogen-bond donors (Lipinski definition) is 1. The molecule has 120 valence electrons. The molecule has 0 bridgehead atoms. The highest BCUT2D eigenvalue weighted by atomic mass is 19.1. The van der Waals surface area contributed by atoms with Crippen molar-refractivity contribution in [3.05, 3.63) is 35.6 Å². The maximum Gasteiger partial charge on any atom is 0.225 e. The molecule has 1 aromatic rings. The van der Waals surface area contributed by atoms with Crippen LogP contribution in [0.1, 0.15) is 18.0 Å². The number of hydrogen-bond acceptors (Lipinski definition) is 3. The zero-order chi connectivity index (χ0) is 16.3. The summed E-state index contributed by atoms with van der Waals surface area (Å²) < 4.78 is 13.0. The fourth-order valence-corrected chi connectivity index (χ4v) is 2.66. The summed E-state index contributed by atoms with van der Waals surface area (Å²) in [7, 11) is 5.52. The minimum Gasteiger partial charge on any atom is -0.354 e. The Hall–Kier alpha value is -1.95. The van der Waals surface area contributed by atoms with Crippen molar-refractivity contribution in [1.82, 2.24) is 15.1 Å². The summed E-state index contributed by atoms with van der Waals surface area (Å²) in [5.74, 6) is -0.666. The summed E-state index contributed by atoms with van der Waals surface area (Å²) in [6, 6.07) is 6.23. The minimum atomic E-state index is -0.284. The molecule has 0 unspecified atom stereocenters. The number of rotatable bonds is 5. The van der Waals surface area contributed by atoms with Crippen molar-refractivity contribution >= 4 is 11.8 Å². The normalized spacial score (nSPS) is 19.6. The summed E-state index contributed by atoms with van der Waals surface area (Å²) in [4.78, 5) is 27.2. The molecule has 1 aliphatic heterocycles. The quantitative estimate of drug-likeness (QED) is 0.884. The van der Waals surface area contributed by atoms with Gasteiger partial charge >= 0.3 is 0 Å². The number of carbonyl (C=O) groups excluding carboxylic acids is 2. The number of carbonyl (C=O) groups is 2. The first-order valence-electron chi connectivity index (χ1n) is 7.32. The molecule has 0 aliphatic carbocycles. The lowest BCUT2D eigenvalue weighted by molar-refractivity contribution is -0.128. The van der Waals surface area contributed by atoms with Crippen LogP contribution in [0.4, 0.5) is 4.39 Å². The van der Waals surface area contributed by atoms with Gasteiger partial charge in [0.2, 0.25) is 11.8 Å². The van der Waals surface area contributed by atoms with Crippen LogP contribution in [0, 0.1) is 11.7 Å². The molecule has 1 aliphatic rings. The van der Waals surface area contributed by atoms with E-state index in [1.165, 1.54) is 12.1 Å². The molecule has 2 atom stereocenters. The summed E-state index contributed by atoms with van der Waals surface area (Å²) >= 11 is 0. The third-order valence-corrected chi connectivity index (χ3v) is 4.06. The standard InChI is InChI=1S/C16H22FN3O2/c1-19(2)14(11-4-6-13(17)7-5-11)9-18-16(22)12-8-15(21)20(3)10-12/h4-7,12,14H,8-10H2,1-3H3,(H,18,22)/t12-,14+/m1/s1. The van der Waals surface area contributed by atoms with E-state index < -0.39 is 0 Å². The van der Waals surface area contributed by atoms with Crippen LogP contribution in [0.25, 0.3) is 0 Å². The molecule has 2 amide bonds. The van der Waals surface area contributed by atoms with Gasteiger partial charge in [-0.05, 0) is 31.8 Å². The van der Waals surface area contributed by atoms with Gasteiger partial charge in [0.05, 0.1) is 12.0 Å². The second-order valence-corrected chi connectivity index (χ2v) is 5.95. The van der Waals surface area contributed by atoms with E-state index in [4.69, 9.17) is 0 Å². The van der Waals surface area contributed by atoms with E-state index in [1.807, 2.05) is 19.0 Å². The number of nitrogens with one attached hydrogen (secondary N) is 1. The van der Waals surface area contributed by atoms with Crippen LogP contribution in [-0.2, 0) is 9.59 Å². The highest BCUT2D eigenvalue weighted by Gasteiger charge is 2.32. The topological polar surface area (TPSA) is 52.7 Å². The number of benzene rings is 1. The Balaban J connectivity index is 1.96. The highest BCUT2D eigenvalue weighted by Crippen LogP contribution is 2.19. The molecule has 0 spiro atoms. The number of amides is 2. The predicted molar refractivity (Wildman–Crippen MR) is 81.6 cm³/mol. The average Bonchev–Trinajstić information content (AvgIpc) is 2.80. The average molecular weight is 307 g/mol. The SMILES string of the molecule is CN1C[C@H](C(=O)NC[C@@H](c2ccc(F)cc2)N(C)C)CC1=O. The van der Waals surface area contributed by atoms with Crippen molar-refractivity contribution in [1.29, 1.82) is 0 Å².